The van der Waals surface area contributed by atoms with Crippen LogP contribution in [-0.2, 0) is 9.47 Å². The molecule has 4 nitrogen and oxygen atoms in total. The number of hydrogen-bond acceptors (Lipinski definition) is 4. The number of methoxy groups -OCH3 is 2. The lowest BCUT2D eigenvalue weighted by molar-refractivity contribution is -0.00461. The average Bonchev–Trinajstić information content (AvgIpc) is 2.87. The third kappa shape index (κ3) is 4.02. The van der Waals surface area contributed by atoms with Crippen LogP contribution in [-0.4, -0.2) is 51.0 Å². The van der Waals surface area contributed by atoms with Crippen molar-refractivity contribution in [1.29, 1.82) is 0 Å². The van der Waals surface area contributed by atoms with Gasteiger partial charge in [-0.05, 0) is 24.1 Å². The van der Waals surface area contributed by atoms with Crippen molar-refractivity contribution in [3.63, 3.8) is 0 Å². The predicted octanol–water partition coefficient (Wildman–Crippen LogP) is 2.18. The molecule has 2 rings (SSSR count). The lowest BCUT2D eigenvalue weighted by atomic mass is 10.0. The summed E-state index contributed by atoms with van der Waals surface area (Å²) in [4.78, 5) is 2.36. The van der Waals surface area contributed by atoms with E-state index >= 15 is 0 Å². The molecule has 20 heavy (non-hydrogen) atoms. The molecule has 0 spiro atoms. The van der Waals surface area contributed by atoms with Crippen LogP contribution in [0.25, 0.3) is 0 Å². The molecule has 1 heterocycles. The highest BCUT2D eigenvalue weighted by Gasteiger charge is 2.32. The maximum atomic E-state index is 6.27. The van der Waals surface area contributed by atoms with Crippen LogP contribution in [0.5, 0.6) is 0 Å². The summed E-state index contributed by atoms with van der Waals surface area (Å²) in [5.74, 6) is 0. The number of halogens is 1. The van der Waals surface area contributed by atoms with Gasteiger partial charge in [-0.1, -0.05) is 28.1 Å². The highest BCUT2D eigenvalue weighted by molar-refractivity contribution is 9.10. The maximum Gasteiger partial charge on any atom is 0.0971 e. The zero-order valence-corrected chi connectivity index (χ0v) is 13.7. The standard InChI is InChI=1S/C15H23BrN2O2/c1-19-14-9-18(10-15(14)20-2)7-6-13(17)11-4-3-5-12(16)8-11/h3-5,8,13-15H,6-7,9-10,17H2,1-2H3. The van der Waals surface area contributed by atoms with Gasteiger partial charge in [-0.15, -0.1) is 0 Å². The summed E-state index contributed by atoms with van der Waals surface area (Å²) in [5.41, 5.74) is 7.44. The van der Waals surface area contributed by atoms with Gasteiger partial charge in [0.2, 0.25) is 0 Å². The molecule has 0 saturated carbocycles. The van der Waals surface area contributed by atoms with Crippen molar-refractivity contribution in [1.82, 2.24) is 4.90 Å². The molecule has 1 saturated heterocycles. The van der Waals surface area contributed by atoms with Crippen LogP contribution in [0, 0.1) is 0 Å². The second-order valence-electron chi connectivity index (χ2n) is 5.26. The van der Waals surface area contributed by atoms with Gasteiger partial charge in [-0.2, -0.15) is 0 Å². The molecule has 0 aromatic heterocycles. The van der Waals surface area contributed by atoms with E-state index in [-0.39, 0.29) is 18.2 Å². The Bertz CT molecular complexity index is 418. The van der Waals surface area contributed by atoms with E-state index in [1.54, 1.807) is 14.2 Å². The molecule has 1 aromatic rings. The quantitative estimate of drug-likeness (QED) is 0.860. The van der Waals surface area contributed by atoms with E-state index in [0.717, 1.165) is 30.5 Å². The first-order valence-corrected chi connectivity index (χ1v) is 7.72. The second kappa shape index (κ2) is 7.52. The van der Waals surface area contributed by atoms with Gasteiger partial charge in [0.1, 0.15) is 0 Å². The Hall–Kier alpha value is -0.460. The zero-order chi connectivity index (χ0) is 14.5. The van der Waals surface area contributed by atoms with E-state index in [4.69, 9.17) is 15.2 Å². The van der Waals surface area contributed by atoms with Crippen molar-refractivity contribution in [3.05, 3.63) is 34.3 Å². The van der Waals surface area contributed by atoms with Gasteiger partial charge < -0.3 is 15.2 Å². The first-order chi connectivity index (χ1) is 9.63. The van der Waals surface area contributed by atoms with Gasteiger partial charge >= 0.3 is 0 Å². The normalized spacial score (nSPS) is 25.0. The van der Waals surface area contributed by atoms with Crippen molar-refractivity contribution in [3.8, 4) is 0 Å². The molecule has 5 heteroatoms. The number of hydrogen-bond donors (Lipinski definition) is 1. The van der Waals surface area contributed by atoms with Crippen LogP contribution < -0.4 is 5.73 Å². The van der Waals surface area contributed by atoms with Gasteiger partial charge in [-0.25, -0.2) is 0 Å². The Kier molecular flexibility index (Phi) is 5.99. The highest BCUT2D eigenvalue weighted by Crippen LogP contribution is 2.21. The monoisotopic (exact) mass is 342 g/mol. The summed E-state index contributed by atoms with van der Waals surface area (Å²) in [7, 11) is 3.49. The van der Waals surface area contributed by atoms with Gasteiger partial charge in [-0.3, -0.25) is 4.90 Å². The van der Waals surface area contributed by atoms with Crippen molar-refractivity contribution in [2.75, 3.05) is 33.9 Å². The van der Waals surface area contributed by atoms with E-state index in [1.807, 2.05) is 12.1 Å². The van der Waals surface area contributed by atoms with Gasteiger partial charge in [0, 0.05) is 44.4 Å². The summed E-state index contributed by atoms with van der Waals surface area (Å²) in [6, 6.07) is 8.27. The number of likely N-dealkylation sites (tertiary alicyclic amines) is 1. The third-order valence-corrected chi connectivity index (χ3v) is 4.42. The molecule has 1 aromatic carbocycles. The Balaban J connectivity index is 1.84. The number of nitrogens with two attached hydrogens (primary N) is 1. The molecule has 2 N–H and O–H groups in total. The van der Waals surface area contributed by atoms with Crippen molar-refractivity contribution in [2.24, 2.45) is 5.73 Å². The van der Waals surface area contributed by atoms with Gasteiger partial charge in [0.05, 0.1) is 12.2 Å². The largest absolute Gasteiger partial charge is 0.377 e. The zero-order valence-electron chi connectivity index (χ0n) is 12.1. The van der Waals surface area contributed by atoms with Gasteiger partial charge in [0.25, 0.3) is 0 Å². The Morgan fingerprint density at radius 1 is 1.30 bits per heavy atom. The fourth-order valence-electron chi connectivity index (χ4n) is 2.68. The fraction of sp³-hybridized carbons (Fsp3) is 0.600. The Labute approximate surface area is 129 Å². The molecule has 1 fully saturated rings. The topological polar surface area (TPSA) is 47.7 Å². The number of benzene rings is 1. The molecule has 0 aliphatic carbocycles. The molecular formula is C15H23BrN2O2. The van der Waals surface area contributed by atoms with Crippen molar-refractivity contribution in [2.45, 2.75) is 24.7 Å². The number of ether oxygens (including phenoxy) is 2. The minimum Gasteiger partial charge on any atom is -0.377 e. The Morgan fingerprint density at radius 3 is 2.50 bits per heavy atom. The van der Waals surface area contributed by atoms with E-state index in [0.29, 0.717) is 0 Å². The molecule has 3 unspecified atom stereocenters. The molecule has 0 radical (unpaired) electrons. The minimum atomic E-state index is 0.0649. The first kappa shape index (κ1) is 15.9. The van der Waals surface area contributed by atoms with Crippen LogP contribution in [0.3, 0.4) is 0 Å². The lowest BCUT2D eigenvalue weighted by Crippen LogP contribution is -2.27. The van der Waals surface area contributed by atoms with E-state index in [9.17, 15) is 0 Å². The summed E-state index contributed by atoms with van der Waals surface area (Å²) in [6.45, 7) is 2.80. The molecule has 3 atom stereocenters. The lowest BCUT2D eigenvalue weighted by Gasteiger charge is -2.18. The van der Waals surface area contributed by atoms with Crippen LogP contribution in [0.4, 0.5) is 0 Å². The predicted molar refractivity (Wildman–Crippen MR) is 83.7 cm³/mol. The fourth-order valence-corrected chi connectivity index (χ4v) is 3.10. The molecule has 1 aliphatic rings. The SMILES string of the molecule is COC1CN(CCC(N)c2cccc(Br)c2)CC1OC. The highest BCUT2D eigenvalue weighted by atomic mass is 79.9. The number of nitrogens with zero attached hydrogens (tertiary/aromatic N) is 1. The summed E-state index contributed by atoms with van der Waals surface area (Å²) >= 11 is 3.48. The molecular weight excluding hydrogens is 320 g/mol. The third-order valence-electron chi connectivity index (χ3n) is 3.93. The van der Waals surface area contributed by atoms with E-state index in [1.165, 1.54) is 5.56 Å². The molecule has 0 bridgehead atoms. The van der Waals surface area contributed by atoms with Crippen molar-refractivity contribution < 1.29 is 9.47 Å². The summed E-state index contributed by atoms with van der Waals surface area (Å²) in [6.07, 6.45) is 1.27. The smallest absolute Gasteiger partial charge is 0.0971 e. The van der Waals surface area contributed by atoms with Crippen LogP contribution in [0.15, 0.2) is 28.7 Å². The Morgan fingerprint density at radius 2 is 1.95 bits per heavy atom. The first-order valence-electron chi connectivity index (χ1n) is 6.93. The average molecular weight is 343 g/mol. The van der Waals surface area contributed by atoms with Crippen LogP contribution in [0.2, 0.25) is 0 Å². The summed E-state index contributed by atoms with van der Waals surface area (Å²) in [5, 5.41) is 0. The van der Waals surface area contributed by atoms with Crippen LogP contribution in [0.1, 0.15) is 18.0 Å². The minimum absolute atomic E-state index is 0.0649. The van der Waals surface area contributed by atoms with E-state index in [2.05, 4.69) is 33.0 Å². The maximum absolute atomic E-state index is 6.27. The van der Waals surface area contributed by atoms with Gasteiger partial charge in [0.15, 0.2) is 0 Å². The number of rotatable bonds is 6. The molecule has 0 amide bonds. The molecule has 112 valence electrons. The van der Waals surface area contributed by atoms with E-state index < -0.39 is 0 Å². The summed E-state index contributed by atoms with van der Waals surface area (Å²) < 4.78 is 12.0. The molecule has 1 aliphatic heterocycles. The van der Waals surface area contributed by atoms with Crippen LogP contribution >= 0.6 is 15.9 Å². The second-order valence-corrected chi connectivity index (χ2v) is 6.17. The van der Waals surface area contributed by atoms with Crippen molar-refractivity contribution >= 4 is 15.9 Å².